The van der Waals surface area contributed by atoms with E-state index in [1.807, 2.05) is 0 Å². The highest BCUT2D eigenvalue weighted by molar-refractivity contribution is 5.83. The summed E-state index contributed by atoms with van der Waals surface area (Å²) < 4.78 is 43.0. The molecule has 1 heterocycles. The average Bonchev–Trinajstić information content (AvgIpc) is 2.36. The van der Waals surface area contributed by atoms with Gasteiger partial charge in [-0.05, 0) is 11.6 Å². The molecule has 0 saturated heterocycles. The molecule has 2 nitrogen and oxygen atoms in total. The van der Waals surface area contributed by atoms with Gasteiger partial charge in [-0.15, -0.1) is 0 Å². The minimum atomic E-state index is -4.44. The number of rotatable bonds is 2. The van der Waals surface area contributed by atoms with Crippen LogP contribution in [-0.2, 0) is 9.53 Å². The molecule has 0 spiro atoms. The highest BCUT2D eigenvalue weighted by atomic mass is 19.4. The Morgan fingerprint density at radius 3 is 2.47 bits per heavy atom. The van der Waals surface area contributed by atoms with E-state index < -0.39 is 24.2 Å². The van der Waals surface area contributed by atoms with Crippen molar-refractivity contribution < 1.29 is 22.7 Å². The van der Waals surface area contributed by atoms with Crippen LogP contribution in [0, 0.1) is 5.92 Å². The first-order valence-electron chi connectivity index (χ1n) is 5.65. The summed E-state index contributed by atoms with van der Waals surface area (Å²) in [5, 5.41) is 0. The summed E-state index contributed by atoms with van der Waals surface area (Å²) in [5.74, 6) is -2.56. The lowest BCUT2D eigenvalue weighted by molar-refractivity contribution is -0.190. The molecule has 1 aliphatic heterocycles. The summed E-state index contributed by atoms with van der Waals surface area (Å²) in [7, 11) is 0. The lowest BCUT2D eigenvalue weighted by Crippen LogP contribution is -2.37. The normalized spacial score (nSPS) is 23.6. The molecule has 0 fully saturated rings. The van der Waals surface area contributed by atoms with E-state index in [9.17, 15) is 18.0 Å². The number of alkyl halides is 3. The molecule has 1 aliphatic rings. The Labute approximate surface area is 108 Å². The fourth-order valence-electron chi connectivity index (χ4n) is 1.76. The van der Waals surface area contributed by atoms with Gasteiger partial charge in [0.1, 0.15) is 12.0 Å². The van der Waals surface area contributed by atoms with E-state index in [2.05, 4.69) is 0 Å². The zero-order valence-corrected chi connectivity index (χ0v) is 9.80. The molecule has 0 amide bonds. The standard InChI is InChI=1S/C14H11F3O2/c15-14(16,17)11-7-9-13(18)19-12(11)8-6-10-4-2-1-3-5-10/h1-9,11-12H/b8-6+/t11-,12-/m1/s1. The molecule has 0 bridgehead atoms. The number of hydrogen-bond acceptors (Lipinski definition) is 2. The van der Waals surface area contributed by atoms with Crippen molar-refractivity contribution in [1.29, 1.82) is 0 Å². The van der Waals surface area contributed by atoms with Crippen LogP contribution < -0.4 is 0 Å². The topological polar surface area (TPSA) is 26.3 Å². The zero-order chi connectivity index (χ0) is 13.9. The summed E-state index contributed by atoms with van der Waals surface area (Å²) in [5.41, 5.74) is 0.744. The van der Waals surface area contributed by atoms with E-state index >= 15 is 0 Å². The summed E-state index contributed by atoms with van der Waals surface area (Å²) in [6, 6.07) is 8.85. The molecular formula is C14H11F3O2. The molecule has 100 valence electrons. The number of ether oxygens (including phenoxy) is 1. The fraction of sp³-hybridized carbons (Fsp3) is 0.214. The van der Waals surface area contributed by atoms with Gasteiger partial charge in [0.15, 0.2) is 0 Å². The van der Waals surface area contributed by atoms with Gasteiger partial charge >= 0.3 is 12.1 Å². The van der Waals surface area contributed by atoms with Crippen LogP contribution in [0.4, 0.5) is 13.2 Å². The van der Waals surface area contributed by atoms with Gasteiger partial charge in [-0.25, -0.2) is 4.79 Å². The van der Waals surface area contributed by atoms with Crippen molar-refractivity contribution in [2.45, 2.75) is 12.3 Å². The summed E-state index contributed by atoms with van der Waals surface area (Å²) in [4.78, 5) is 11.0. The number of esters is 1. The number of carbonyl (C=O) groups excluding carboxylic acids is 1. The van der Waals surface area contributed by atoms with E-state index in [0.717, 1.165) is 17.7 Å². The van der Waals surface area contributed by atoms with Crippen LogP contribution in [0.3, 0.4) is 0 Å². The smallest absolute Gasteiger partial charge is 0.399 e. The average molecular weight is 268 g/mol. The molecule has 2 atom stereocenters. The Morgan fingerprint density at radius 2 is 1.84 bits per heavy atom. The van der Waals surface area contributed by atoms with Gasteiger partial charge in [0.25, 0.3) is 0 Å². The molecule has 0 radical (unpaired) electrons. The molecular weight excluding hydrogens is 257 g/mol. The zero-order valence-electron chi connectivity index (χ0n) is 9.80. The molecule has 1 aromatic rings. The maximum atomic E-state index is 12.8. The van der Waals surface area contributed by atoms with Crippen LogP contribution in [0.2, 0.25) is 0 Å². The molecule has 0 N–H and O–H groups in total. The number of benzene rings is 1. The number of halogens is 3. The third-order valence-electron chi connectivity index (χ3n) is 2.70. The van der Waals surface area contributed by atoms with Crippen molar-refractivity contribution in [1.82, 2.24) is 0 Å². The Hall–Kier alpha value is -2.04. The van der Waals surface area contributed by atoms with E-state index in [4.69, 9.17) is 4.74 Å². The van der Waals surface area contributed by atoms with E-state index in [1.54, 1.807) is 30.3 Å². The van der Waals surface area contributed by atoms with Crippen molar-refractivity contribution in [2.24, 2.45) is 5.92 Å². The number of cyclic esters (lactones) is 1. The molecule has 0 unspecified atom stereocenters. The lowest BCUT2D eigenvalue weighted by atomic mass is 9.98. The molecule has 2 rings (SSSR count). The van der Waals surface area contributed by atoms with E-state index in [-0.39, 0.29) is 0 Å². The van der Waals surface area contributed by atoms with Crippen molar-refractivity contribution in [3.8, 4) is 0 Å². The van der Waals surface area contributed by atoms with Crippen LogP contribution in [0.25, 0.3) is 6.08 Å². The first kappa shape index (κ1) is 13.4. The van der Waals surface area contributed by atoms with Crippen LogP contribution in [0.1, 0.15) is 5.56 Å². The van der Waals surface area contributed by atoms with Crippen LogP contribution >= 0.6 is 0 Å². The largest absolute Gasteiger partial charge is 0.454 e. The van der Waals surface area contributed by atoms with Gasteiger partial charge in [-0.1, -0.05) is 42.5 Å². The minimum Gasteiger partial charge on any atom is -0.454 e. The minimum absolute atomic E-state index is 0.744. The lowest BCUT2D eigenvalue weighted by Gasteiger charge is -2.26. The quantitative estimate of drug-likeness (QED) is 0.769. The van der Waals surface area contributed by atoms with Crippen molar-refractivity contribution in [3.63, 3.8) is 0 Å². The molecule has 0 saturated carbocycles. The van der Waals surface area contributed by atoms with Crippen molar-refractivity contribution >= 4 is 12.0 Å². The summed E-state index contributed by atoms with van der Waals surface area (Å²) >= 11 is 0. The number of carbonyl (C=O) groups is 1. The van der Waals surface area contributed by atoms with Crippen molar-refractivity contribution in [3.05, 3.63) is 54.1 Å². The Balaban J connectivity index is 2.19. The number of hydrogen-bond donors (Lipinski definition) is 0. The first-order valence-corrected chi connectivity index (χ1v) is 5.65. The second kappa shape index (κ2) is 5.30. The molecule has 0 aliphatic carbocycles. The van der Waals surface area contributed by atoms with Crippen LogP contribution in [-0.4, -0.2) is 18.2 Å². The summed E-state index contributed by atoms with van der Waals surface area (Å²) in [6.45, 7) is 0. The second-order valence-electron chi connectivity index (χ2n) is 4.10. The van der Waals surface area contributed by atoms with Crippen LogP contribution in [0.15, 0.2) is 48.6 Å². The van der Waals surface area contributed by atoms with Crippen molar-refractivity contribution in [2.75, 3.05) is 0 Å². The Bertz CT molecular complexity index is 503. The highest BCUT2D eigenvalue weighted by Crippen LogP contribution is 2.34. The predicted octanol–water partition coefficient (Wildman–Crippen LogP) is 3.36. The second-order valence-corrected chi connectivity index (χ2v) is 4.10. The maximum Gasteiger partial charge on any atom is 0.399 e. The summed E-state index contributed by atoms with van der Waals surface area (Å²) in [6.07, 6.45) is -1.34. The monoisotopic (exact) mass is 268 g/mol. The Kier molecular flexibility index (Phi) is 3.74. The van der Waals surface area contributed by atoms with Crippen LogP contribution in [0.5, 0.6) is 0 Å². The first-order chi connectivity index (χ1) is 8.97. The van der Waals surface area contributed by atoms with Gasteiger partial charge in [0.05, 0.1) is 0 Å². The third-order valence-corrected chi connectivity index (χ3v) is 2.70. The van der Waals surface area contributed by atoms with Gasteiger partial charge in [0.2, 0.25) is 0 Å². The third kappa shape index (κ3) is 3.47. The van der Waals surface area contributed by atoms with Gasteiger partial charge in [-0.3, -0.25) is 0 Å². The molecule has 1 aromatic carbocycles. The highest BCUT2D eigenvalue weighted by Gasteiger charge is 2.45. The SMILES string of the molecule is O=C1C=C[C@@H](C(F)(F)F)[C@@H](/C=C/c2ccccc2)O1. The molecule has 5 heteroatoms. The molecule has 0 aromatic heterocycles. The van der Waals surface area contributed by atoms with E-state index in [0.29, 0.717) is 0 Å². The van der Waals surface area contributed by atoms with Gasteiger partial charge in [0, 0.05) is 6.08 Å². The van der Waals surface area contributed by atoms with Gasteiger partial charge < -0.3 is 4.74 Å². The van der Waals surface area contributed by atoms with Gasteiger partial charge in [-0.2, -0.15) is 13.2 Å². The maximum absolute atomic E-state index is 12.8. The fourth-order valence-corrected chi connectivity index (χ4v) is 1.76. The molecule has 19 heavy (non-hydrogen) atoms. The Morgan fingerprint density at radius 1 is 1.16 bits per heavy atom. The van der Waals surface area contributed by atoms with E-state index in [1.165, 1.54) is 12.2 Å². The predicted molar refractivity (Wildman–Crippen MR) is 64.0 cm³/mol.